The van der Waals surface area contributed by atoms with Gasteiger partial charge in [0.1, 0.15) is 24.2 Å². The van der Waals surface area contributed by atoms with E-state index in [2.05, 4.69) is 10.4 Å². The molecule has 40 heavy (non-hydrogen) atoms. The second-order valence-electron chi connectivity index (χ2n) is 8.91. The van der Waals surface area contributed by atoms with Crippen molar-refractivity contribution in [2.24, 2.45) is 0 Å². The lowest BCUT2D eigenvalue weighted by Gasteiger charge is -2.30. The topological polar surface area (TPSA) is 154 Å². The maximum atomic E-state index is 14.0. The van der Waals surface area contributed by atoms with Crippen LogP contribution in [0.3, 0.4) is 0 Å². The number of aliphatic hydroxyl groups is 1. The van der Waals surface area contributed by atoms with E-state index in [-0.39, 0.29) is 25.2 Å². The molecule has 0 radical (unpaired) electrons. The molecule has 3 N–H and O–H groups in total. The first-order valence-electron chi connectivity index (χ1n) is 13.1. The number of hydrogen-bond acceptors (Lipinski definition) is 10. The Morgan fingerprint density at radius 1 is 1.25 bits per heavy atom. The number of nitrogens with one attached hydrogen (secondary N) is 2. The van der Waals surface area contributed by atoms with Crippen molar-refractivity contribution in [3.8, 4) is 5.75 Å². The number of carbonyl (C=O) groups is 2. The molecule has 2 amide bonds. The van der Waals surface area contributed by atoms with Gasteiger partial charge in [-0.2, -0.15) is 0 Å². The number of rotatable bonds is 15. The number of carbonyl (C=O) groups excluding carboxylic acids is 2. The lowest BCUT2D eigenvalue weighted by Crippen LogP contribution is -2.51. The molecular weight excluding hydrogens is 552 g/mol. The zero-order valence-electron chi connectivity index (χ0n) is 22.9. The Hall–Kier alpha value is -2.58. The molecule has 6 atom stereocenters. The summed E-state index contributed by atoms with van der Waals surface area (Å²) >= 11 is 0. The number of para-hydroxylation sites is 1. The van der Waals surface area contributed by atoms with E-state index in [9.17, 15) is 23.7 Å². The SMILES string of the molecule is CCOC(OCC)[C@H](C)NP(=O)(OC[C@H]1O[C@@H](N2C=C(F)C(O)NC2=O)C[C@@H]1OC(=O)CC)Oc1ccccc1. The van der Waals surface area contributed by atoms with Crippen LogP contribution in [0.5, 0.6) is 5.75 Å². The summed E-state index contributed by atoms with van der Waals surface area (Å²) in [7, 11) is -4.13. The molecule has 2 heterocycles. The quantitative estimate of drug-likeness (QED) is 0.157. The molecule has 0 bridgehead atoms. The predicted molar refractivity (Wildman–Crippen MR) is 139 cm³/mol. The Kier molecular flexibility index (Phi) is 11.9. The lowest BCUT2D eigenvalue weighted by atomic mass is 10.2. The van der Waals surface area contributed by atoms with Gasteiger partial charge in [-0.1, -0.05) is 25.1 Å². The number of aliphatic hydroxyl groups excluding tert-OH is 1. The molecule has 0 aromatic heterocycles. The summed E-state index contributed by atoms with van der Waals surface area (Å²) < 4.78 is 62.1. The van der Waals surface area contributed by atoms with Gasteiger partial charge in [0.15, 0.2) is 18.3 Å². The van der Waals surface area contributed by atoms with E-state index in [4.69, 9.17) is 28.0 Å². The highest BCUT2D eigenvalue weighted by Gasteiger charge is 2.45. The minimum atomic E-state index is -4.13. The van der Waals surface area contributed by atoms with Crippen LogP contribution in [-0.4, -0.2) is 78.8 Å². The summed E-state index contributed by atoms with van der Waals surface area (Å²) in [4.78, 5) is 25.4. The molecule has 2 aliphatic heterocycles. The standard InChI is InChI=1S/C25H37FN3O10P/c1-5-22(30)38-19-13-21(29-14-18(26)23(31)27-25(29)32)37-20(19)15-36-40(33,39-17-11-9-8-10-12-17)28-16(4)24(34-6-2)35-7-3/h8-12,14,16,19-21,23-24,31H,5-7,13,15H2,1-4H3,(H,27,32)(H,28,33)/t16-,19-,20+,21+,23?,40?/m0/s1. The normalized spacial score (nSPS) is 25.2. The van der Waals surface area contributed by atoms with E-state index in [1.807, 2.05) is 0 Å². The number of amides is 2. The van der Waals surface area contributed by atoms with Crippen LogP contribution in [0.2, 0.25) is 0 Å². The van der Waals surface area contributed by atoms with Gasteiger partial charge in [-0.05, 0) is 32.9 Å². The van der Waals surface area contributed by atoms with Gasteiger partial charge in [-0.15, -0.1) is 0 Å². The molecule has 1 aromatic carbocycles. The molecule has 3 rings (SSSR count). The summed E-state index contributed by atoms with van der Waals surface area (Å²) in [5.41, 5.74) is 0. The van der Waals surface area contributed by atoms with E-state index in [1.165, 1.54) is 0 Å². The molecule has 1 saturated heterocycles. The Morgan fingerprint density at radius 3 is 2.55 bits per heavy atom. The van der Waals surface area contributed by atoms with Gasteiger partial charge in [-0.25, -0.2) is 18.8 Å². The number of benzene rings is 1. The molecule has 1 aromatic rings. The van der Waals surface area contributed by atoms with Crippen molar-refractivity contribution in [2.45, 2.75) is 77.5 Å². The predicted octanol–water partition coefficient (Wildman–Crippen LogP) is 3.16. The smallest absolute Gasteiger partial charge is 0.459 e. The van der Waals surface area contributed by atoms with Crippen LogP contribution >= 0.6 is 7.75 Å². The molecule has 0 spiro atoms. The zero-order valence-corrected chi connectivity index (χ0v) is 23.8. The van der Waals surface area contributed by atoms with Crippen molar-refractivity contribution in [1.29, 1.82) is 0 Å². The third-order valence-corrected chi connectivity index (χ3v) is 7.55. The van der Waals surface area contributed by atoms with Crippen LogP contribution in [0, 0.1) is 0 Å². The van der Waals surface area contributed by atoms with Crippen molar-refractivity contribution in [1.82, 2.24) is 15.3 Å². The maximum absolute atomic E-state index is 14.0. The van der Waals surface area contributed by atoms with E-state index < -0.39 is 62.6 Å². The van der Waals surface area contributed by atoms with Crippen LogP contribution in [0.1, 0.15) is 40.5 Å². The molecular formula is C25H37FN3O10P. The second-order valence-corrected chi connectivity index (χ2v) is 10.6. The van der Waals surface area contributed by atoms with Crippen LogP contribution < -0.4 is 14.9 Å². The molecule has 0 aliphatic carbocycles. The van der Waals surface area contributed by atoms with Crippen LogP contribution in [0.4, 0.5) is 9.18 Å². The fourth-order valence-corrected chi connectivity index (χ4v) is 5.53. The molecule has 15 heteroatoms. The van der Waals surface area contributed by atoms with Gasteiger partial charge < -0.3 is 33.9 Å². The third-order valence-electron chi connectivity index (χ3n) is 5.89. The van der Waals surface area contributed by atoms with E-state index in [0.717, 1.165) is 11.1 Å². The number of urea groups is 1. The Morgan fingerprint density at radius 2 is 1.93 bits per heavy atom. The van der Waals surface area contributed by atoms with Gasteiger partial charge in [0, 0.05) is 32.3 Å². The van der Waals surface area contributed by atoms with Crippen molar-refractivity contribution >= 4 is 19.7 Å². The molecule has 2 unspecified atom stereocenters. The Bertz CT molecular complexity index is 1060. The van der Waals surface area contributed by atoms with Gasteiger partial charge in [0.2, 0.25) is 0 Å². The van der Waals surface area contributed by atoms with Crippen molar-refractivity contribution in [3.05, 3.63) is 42.4 Å². The fraction of sp³-hybridized carbons (Fsp3) is 0.600. The first kappa shape index (κ1) is 31.9. The Labute approximate surface area is 232 Å². The largest absolute Gasteiger partial charge is 0.459 e. The van der Waals surface area contributed by atoms with Crippen molar-refractivity contribution in [2.75, 3.05) is 19.8 Å². The zero-order chi connectivity index (χ0) is 29.3. The van der Waals surface area contributed by atoms with Gasteiger partial charge in [0.25, 0.3) is 0 Å². The van der Waals surface area contributed by atoms with Gasteiger partial charge >= 0.3 is 19.7 Å². The average molecular weight is 590 g/mol. The molecule has 2 aliphatic rings. The van der Waals surface area contributed by atoms with Crippen LogP contribution in [-0.2, 0) is 32.8 Å². The summed E-state index contributed by atoms with van der Waals surface area (Å²) in [5.74, 6) is -1.27. The summed E-state index contributed by atoms with van der Waals surface area (Å²) in [6, 6.07) is 6.91. The third kappa shape index (κ3) is 8.71. The molecule has 13 nitrogen and oxygen atoms in total. The van der Waals surface area contributed by atoms with E-state index >= 15 is 0 Å². The molecule has 1 fully saturated rings. The van der Waals surface area contributed by atoms with Crippen molar-refractivity contribution in [3.63, 3.8) is 0 Å². The lowest BCUT2D eigenvalue weighted by molar-refractivity contribution is -0.153. The highest BCUT2D eigenvalue weighted by Crippen LogP contribution is 2.46. The monoisotopic (exact) mass is 589 g/mol. The summed E-state index contributed by atoms with van der Waals surface area (Å²) in [6.45, 7) is 7.20. The van der Waals surface area contributed by atoms with Gasteiger partial charge in [-0.3, -0.25) is 14.2 Å². The highest BCUT2D eigenvalue weighted by molar-refractivity contribution is 7.52. The van der Waals surface area contributed by atoms with Crippen LogP contribution in [0.25, 0.3) is 0 Å². The molecule has 224 valence electrons. The number of nitrogens with zero attached hydrogens (tertiary/aromatic N) is 1. The van der Waals surface area contributed by atoms with E-state index in [0.29, 0.717) is 13.2 Å². The minimum Gasteiger partial charge on any atom is -0.459 e. The Balaban J connectivity index is 1.80. The van der Waals surface area contributed by atoms with E-state index in [1.54, 1.807) is 58.0 Å². The number of hydrogen-bond donors (Lipinski definition) is 3. The number of halogens is 1. The van der Waals surface area contributed by atoms with Crippen LogP contribution in [0.15, 0.2) is 42.4 Å². The second kappa shape index (κ2) is 14.9. The number of esters is 1. The summed E-state index contributed by atoms with van der Waals surface area (Å²) in [5, 5.41) is 14.4. The maximum Gasteiger partial charge on any atom is 0.459 e. The highest BCUT2D eigenvalue weighted by atomic mass is 31.2. The summed E-state index contributed by atoms with van der Waals surface area (Å²) in [6.07, 6.45) is -4.67. The molecule has 0 saturated carbocycles. The average Bonchev–Trinajstić information content (AvgIpc) is 3.32. The van der Waals surface area contributed by atoms with Crippen molar-refractivity contribution < 1.29 is 51.6 Å². The first-order valence-corrected chi connectivity index (χ1v) is 14.6. The number of ether oxygens (including phenoxy) is 4. The fourth-order valence-electron chi connectivity index (χ4n) is 3.99. The van der Waals surface area contributed by atoms with Gasteiger partial charge in [0.05, 0.1) is 12.6 Å². The first-order chi connectivity index (χ1) is 19.1. The minimum absolute atomic E-state index is 0.0303.